The number of rotatable bonds is 29. The fourth-order valence-electron chi connectivity index (χ4n) is 9.09. The van der Waals surface area contributed by atoms with Crippen LogP contribution < -0.4 is 87.2 Å². The molecule has 23 N–H and O–H groups in total. The summed E-state index contributed by atoms with van der Waals surface area (Å²) in [5.74, 6) is -9.81. The lowest BCUT2D eigenvalue weighted by molar-refractivity contribution is -0.137. The quantitative estimate of drug-likeness (QED) is 0.0333. The fourth-order valence-corrected chi connectivity index (χ4v) is 9.09. The van der Waals surface area contributed by atoms with Gasteiger partial charge in [0, 0.05) is 19.4 Å². The number of benzene rings is 1. The van der Waals surface area contributed by atoms with Gasteiger partial charge in [0.1, 0.15) is 60.4 Å². The van der Waals surface area contributed by atoms with E-state index in [9.17, 15) is 63.0 Å². The van der Waals surface area contributed by atoms with E-state index in [4.69, 9.17) is 28.7 Å². The molecule has 1 aliphatic heterocycles. The Labute approximate surface area is 498 Å². The third-order valence-corrected chi connectivity index (χ3v) is 14.7. The van der Waals surface area contributed by atoms with Gasteiger partial charge in [-0.05, 0) is 109 Å². The second-order valence-corrected chi connectivity index (χ2v) is 21.7. The zero-order valence-electron chi connectivity index (χ0n) is 50.2. The molecule has 1 heterocycles. The van der Waals surface area contributed by atoms with Crippen LogP contribution in [0.3, 0.4) is 0 Å². The Balaban J connectivity index is 2.68. The van der Waals surface area contributed by atoms with Crippen LogP contribution in [0.15, 0.2) is 30.3 Å². The summed E-state index contributed by atoms with van der Waals surface area (Å²) in [6.45, 7) is 8.87. The van der Waals surface area contributed by atoms with Gasteiger partial charge in [-0.1, -0.05) is 83.7 Å². The van der Waals surface area contributed by atoms with Crippen molar-refractivity contribution in [1.29, 1.82) is 0 Å². The van der Waals surface area contributed by atoms with E-state index < -0.39 is 156 Å². The number of hydrogen-bond donors (Lipinski definition) is 18. The third-order valence-electron chi connectivity index (χ3n) is 14.7. The molecule has 14 atom stereocenters. The van der Waals surface area contributed by atoms with Crippen molar-refractivity contribution in [3.05, 3.63) is 35.9 Å². The normalized spacial score (nSPS) is 23.2. The molecule has 0 bridgehead atoms. The topological polar surface area (TPSA) is 491 Å². The first-order chi connectivity index (χ1) is 40.4. The summed E-state index contributed by atoms with van der Waals surface area (Å²) in [6.07, 6.45) is -0.756. The number of unbranched alkanes of at least 4 members (excludes halogenated alkanes) is 1. The van der Waals surface area contributed by atoms with E-state index in [0.29, 0.717) is 24.3 Å². The van der Waals surface area contributed by atoms with Crippen molar-refractivity contribution in [2.24, 2.45) is 40.5 Å². The highest BCUT2D eigenvalue weighted by Gasteiger charge is 2.38. The first kappa shape index (κ1) is 74.2. The monoisotopic (exact) mass is 1200 g/mol. The van der Waals surface area contributed by atoms with Crippen LogP contribution in [-0.2, 0) is 59.2 Å². The van der Waals surface area contributed by atoms with Crippen molar-refractivity contribution in [1.82, 2.24) is 58.5 Å². The summed E-state index contributed by atoms with van der Waals surface area (Å²) >= 11 is 0. The van der Waals surface area contributed by atoms with Crippen molar-refractivity contribution < 1.29 is 63.0 Å². The minimum atomic E-state index is -1.70. The van der Waals surface area contributed by atoms with Gasteiger partial charge in [0.15, 0.2) is 0 Å². The molecule has 0 radical (unpaired) electrons. The molecular formula is C56H98N16O13. The average molecular weight is 1200 g/mol. The maximum atomic E-state index is 14.5. The Morgan fingerprint density at radius 1 is 0.553 bits per heavy atom. The van der Waals surface area contributed by atoms with Crippen LogP contribution in [-0.4, -0.2) is 187 Å². The number of aliphatic hydroxyl groups is 2. The molecule has 85 heavy (non-hydrogen) atoms. The summed E-state index contributed by atoms with van der Waals surface area (Å²) in [6, 6.07) is -6.25. The molecule has 480 valence electrons. The Morgan fingerprint density at radius 3 is 1.58 bits per heavy atom. The molecule has 0 spiro atoms. The van der Waals surface area contributed by atoms with Crippen molar-refractivity contribution in [3.8, 4) is 0 Å². The Hall–Kier alpha value is -6.89. The fraction of sp³-hybridized carbons (Fsp3) is 0.696. The SMILES string of the molecule is CCC(C)CCCCC(=O)N[C@@H](CCN)C(=O)N[C@H](C(=O)N[C@@H](CCN)C(=O)NC1CCNC(=O)C([C@@H](C)O)NC(=O)[C@H](CCN)NC(=O)[C@H](CCN)NC(=O)[C@H]([C@@H](C)CC)NC(=O)[C@@H](Cc2ccccc2)NC(=O)C(CCN)NC1=O)[C@@H](C)O. The minimum absolute atomic E-state index is 0.0173. The van der Waals surface area contributed by atoms with Crippen LogP contribution in [0.25, 0.3) is 0 Å². The van der Waals surface area contributed by atoms with Crippen LogP contribution >= 0.6 is 0 Å². The second-order valence-electron chi connectivity index (χ2n) is 21.7. The Morgan fingerprint density at radius 2 is 1.06 bits per heavy atom. The van der Waals surface area contributed by atoms with Crippen molar-refractivity contribution >= 4 is 65.0 Å². The number of amides is 11. The standard InChI is InChI=1S/C56H98N16O13/c1-7-31(3)14-12-13-17-43(75)63-36(18-24-57)51(80)72-46(34(6)74)56(85)68-39(21-27-60)48(77)66-41-23-29-62-54(83)45(33(5)73)71-52(81)40(22-28-61)65-47(76)38(20-26-59)67-55(84)44(32(4)8-2)70-53(82)42(30-35-15-10-9-11-16-35)69-49(78)37(19-25-58)64-50(41)79/h9-11,15-16,31-34,36-42,44-46,73-74H,7-8,12-14,17-30,57-61H2,1-6H3,(H,62,83)(H,63,75)(H,64,79)(H,65,76)(H,66,77)(H,67,84)(H,68,85)(H,69,78)(H,70,82)(H,71,81)(H,72,80)/t31?,32-,33+,34+,36-,37?,38-,39-,40-,41?,42+,44-,45?,46-/m0/s1. The predicted octanol–water partition coefficient (Wildman–Crippen LogP) is -5.24. The molecule has 1 fully saturated rings. The number of carbonyl (C=O) groups excluding carboxylic acids is 11. The van der Waals surface area contributed by atoms with Crippen LogP contribution in [0.5, 0.6) is 0 Å². The molecule has 1 saturated heterocycles. The Kier molecular flexibility index (Phi) is 34.6. The van der Waals surface area contributed by atoms with Gasteiger partial charge in [-0.2, -0.15) is 0 Å². The number of nitrogens with two attached hydrogens (primary N) is 5. The largest absolute Gasteiger partial charge is 0.391 e. The summed E-state index contributed by atoms with van der Waals surface area (Å²) < 4.78 is 0. The van der Waals surface area contributed by atoms with Gasteiger partial charge in [-0.3, -0.25) is 52.7 Å². The molecule has 1 aromatic carbocycles. The third kappa shape index (κ3) is 26.1. The zero-order chi connectivity index (χ0) is 63.8. The van der Waals surface area contributed by atoms with Crippen LogP contribution in [0.1, 0.15) is 124 Å². The smallest absolute Gasteiger partial charge is 0.245 e. The summed E-state index contributed by atoms with van der Waals surface area (Å²) in [5, 5.41) is 49.7. The van der Waals surface area contributed by atoms with Crippen LogP contribution in [0.2, 0.25) is 0 Å². The molecule has 1 aromatic rings. The van der Waals surface area contributed by atoms with Gasteiger partial charge in [-0.25, -0.2) is 0 Å². The van der Waals surface area contributed by atoms with Gasteiger partial charge in [0.05, 0.1) is 12.2 Å². The summed E-state index contributed by atoms with van der Waals surface area (Å²) in [4.78, 5) is 154. The molecule has 11 amide bonds. The van der Waals surface area contributed by atoms with Crippen molar-refractivity contribution in [3.63, 3.8) is 0 Å². The van der Waals surface area contributed by atoms with E-state index >= 15 is 0 Å². The van der Waals surface area contributed by atoms with Gasteiger partial charge in [-0.15, -0.1) is 0 Å². The maximum Gasteiger partial charge on any atom is 0.245 e. The van der Waals surface area contributed by atoms with Crippen LogP contribution in [0, 0.1) is 11.8 Å². The molecular weight excluding hydrogens is 1100 g/mol. The van der Waals surface area contributed by atoms with E-state index in [1.807, 2.05) is 0 Å². The Bertz CT molecular complexity index is 2320. The van der Waals surface area contributed by atoms with E-state index in [2.05, 4.69) is 72.3 Å². The average Bonchev–Trinajstić information content (AvgIpc) is 3.69. The number of carbonyl (C=O) groups is 11. The summed E-state index contributed by atoms with van der Waals surface area (Å²) in [5.41, 5.74) is 29.9. The first-order valence-electron chi connectivity index (χ1n) is 29.6. The zero-order valence-corrected chi connectivity index (χ0v) is 50.2. The lowest BCUT2D eigenvalue weighted by atomic mass is 9.96. The molecule has 0 saturated carbocycles. The number of nitrogens with one attached hydrogen (secondary N) is 11. The molecule has 29 heteroatoms. The maximum absolute atomic E-state index is 14.5. The van der Waals surface area contributed by atoms with Gasteiger partial charge in [0.25, 0.3) is 0 Å². The van der Waals surface area contributed by atoms with Gasteiger partial charge in [0.2, 0.25) is 65.0 Å². The molecule has 29 nitrogen and oxygen atoms in total. The number of aliphatic hydroxyl groups excluding tert-OH is 2. The summed E-state index contributed by atoms with van der Waals surface area (Å²) in [7, 11) is 0. The van der Waals surface area contributed by atoms with Gasteiger partial charge < -0.3 is 97.4 Å². The highest BCUT2D eigenvalue weighted by atomic mass is 16.3. The second kappa shape index (κ2) is 39.7. The number of hydrogen-bond acceptors (Lipinski definition) is 18. The lowest BCUT2D eigenvalue weighted by Crippen LogP contribution is -2.62. The van der Waals surface area contributed by atoms with E-state index in [0.717, 1.165) is 19.3 Å². The first-order valence-corrected chi connectivity index (χ1v) is 29.6. The molecule has 1 aliphatic rings. The van der Waals surface area contributed by atoms with Crippen LogP contribution in [0.4, 0.5) is 0 Å². The lowest BCUT2D eigenvalue weighted by Gasteiger charge is -2.30. The highest BCUT2D eigenvalue weighted by molar-refractivity contribution is 5.99. The van der Waals surface area contributed by atoms with E-state index in [1.165, 1.54) is 13.8 Å². The van der Waals surface area contributed by atoms with E-state index in [-0.39, 0.29) is 77.7 Å². The predicted molar refractivity (Wildman–Crippen MR) is 316 cm³/mol. The van der Waals surface area contributed by atoms with E-state index in [1.54, 1.807) is 44.2 Å². The van der Waals surface area contributed by atoms with Crippen molar-refractivity contribution in [2.75, 3.05) is 39.3 Å². The molecule has 4 unspecified atom stereocenters. The minimum Gasteiger partial charge on any atom is -0.391 e. The highest BCUT2D eigenvalue weighted by Crippen LogP contribution is 2.14. The molecule has 0 aromatic heterocycles. The molecule has 2 rings (SSSR count). The molecule has 0 aliphatic carbocycles. The van der Waals surface area contributed by atoms with Crippen molar-refractivity contribution in [2.45, 2.75) is 198 Å². The van der Waals surface area contributed by atoms with Gasteiger partial charge >= 0.3 is 0 Å².